The number of carbonyl (C=O) groups is 1. The molecule has 4 aromatic rings. The molecule has 2 heterocycles. The van der Waals surface area contributed by atoms with Gasteiger partial charge in [-0.25, -0.2) is 4.98 Å². The van der Waals surface area contributed by atoms with Crippen LogP contribution in [0.15, 0.2) is 84.8 Å². The quantitative estimate of drug-likeness (QED) is 0.225. The Bertz CT molecular complexity index is 1200. The Morgan fingerprint density at radius 2 is 2.03 bits per heavy atom. The van der Waals surface area contributed by atoms with Crippen molar-refractivity contribution in [3.8, 4) is 0 Å². The van der Waals surface area contributed by atoms with E-state index in [9.17, 15) is 4.79 Å². The first-order valence-electron chi connectivity index (χ1n) is 9.73. The van der Waals surface area contributed by atoms with Gasteiger partial charge >= 0.3 is 0 Å². The second-order valence-corrected chi connectivity index (χ2v) is 8.26. The largest absolute Gasteiger partial charge is 0.312 e. The lowest BCUT2D eigenvalue weighted by Gasteiger charge is -2.15. The zero-order valence-electron chi connectivity index (χ0n) is 16.7. The fourth-order valence-corrected chi connectivity index (χ4v) is 4.39. The number of carbonyl (C=O) groups excluding carboxylic acids is 1. The van der Waals surface area contributed by atoms with E-state index < -0.39 is 0 Å². The van der Waals surface area contributed by atoms with Crippen LogP contribution in [0, 0.1) is 0 Å². The van der Waals surface area contributed by atoms with Gasteiger partial charge in [-0.1, -0.05) is 66.4 Å². The summed E-state index contributed by atoms with van der Waals surface area (Å²) in [6.45, 7) is 3.89. The molecule has 2 aromatic heterocycles. The minimum absolute atomic E-state index is 0.0131. The van der Waals surface area contributed by atoms with Gasteiger partial charge in [0, 0.05) is 24.1 Å². The van der Waals surface area contributed by atoms with Crippen LogP contribution < -0.4 is 0 Å². The molecular formula is C24H22N4OS. The molecule has 30 heavy (non-hydrogen) atoms. The van der Waals surface area contributed by atoms with Crippen molar-refractivity contribution in [3.63, 3.8) is 0 Å². The van der Waals surface area contributed by atoms with Gasteiger partial charge in [0.2, 0.25) is 0 Å². The number of hydrogen-bond donors (Lipinski definition) is 0. The number of benzene rings is 2. The van der Waals surface area contributed by atoms with Crippen LogP contribution in [0.5, 0.6) is 0 Å². The topological polar surface area (TPSA) is 60.7 Å². The van der Waals surface area contributed by atoms with Crippen molar-refractivity contribution in [2.45, 2.75) is 23.2 Å². The number of para-hydroxylation sites is 1. The van der Waals surface area contributed by atoms with E-state index in [0.717, 1.165) is 33.6 Å². The van der Waals surface area contributed by atoms with Crippen LogP contribution in [-0.4, -0.2) is 25.5 Å². The lowest BCUT2D eigenvalue weighted by Crippen LogP contribution is -2.07. The predicted molar refractivity (Wildman–Crippen MR) is 121 cm³/mol. The molecule has 0 N–H and O–H groups in total. The highest BCUT2D eigenvalue weighted by atomic mass is 32.2. The van der Waals surface area contributed by atoms with E-state index in [0.29, 0.717) is 12.1 Å². The first-order valence-corrected chi connectivity index (χ1v) is 10.6. The maximum atomic E-state index is 12.9. The molecule has 0 aliphatic carbocycles. The highest BCUT2D eigenvalue weighted by Gasteiger charge is 2.17. The lowest BCUT2D eigenvalue weighted by atomic mass is 10.0. The molecule has 0 saturated heterocycles. The Morgan fingerprint density at radius 3 is 2.83 bits per heavy atom. The van der Waals surface area contributed by atoms with Crippen molar-refractivity contribution < 1.29 is 4.79 Å². The Hall–Kier alpha value is -3.25. The zero-order valence-corrected chi connectivity index (χ0v) is 17.5. The molecule has 0 fully saturated rings. The van der Waals surface area contributed by atoms with Crippen molar-refractivity contribution in [2.24, 2.45) is 7.05 Å². The number of thioether (sulfide) groups is 1. The monoisotopic (exact) mass is 414 g/mol. The average Bonchev–Trinajstić information content (AvgIpc) is 3.17. The summed E-state index contributed by atoms with van der Waals surface area (Å²) in [6, 6.07) is 19.7. The summed E-state index contributed by atoms with van der Waals surface area (Å²) < 4.78 is 1.90. The number of rotatable bonds is 8. The van der Waals surface area contributed by atoms with Crippen LogP contribution in [0.3, 0.4) is 0 Å². The number of ketones is 1. The van der Waals surface area contributed by atoms with E-state index in [2.05, 4.69) is 33.9 Å². The van der Waals surface area contributed by atoms with E-state index in [1.807, 2.05) is 60.2 Å². The van der Waals surface area contributed by atoms with Crippen molar-refractivity contribution in [1.82, 2.24) is 19.7 Å². The van der Waals surface area contributed by atoms with Gasteiger partial charge in [0.15, 0.2) is 10.9 Å². The molecule has 0 amide bonds. The standard InChI is InChI=1S/C24H22N4OS/c1-3-7-23(30-24-27-25-16-28(24)2)19-10-6-8-17(14-19)15-22(29)21-13-12-18-9-4-5-11-20(18)26-21/h3-6,8-14,16,23H,1,7,15H2,2H3. The third-order valence-corrected chi connectivity index (χ3v) is 6.20. The van der Waals surface area contributed by atoms with Gasteiger partial charge in [0.05, 0.1) is 5.52 Å². The number of pyridine rings is 1. The fourth-order valence-electron chi connectivity index (χ4n) is 3.31. The molecule has 4 rings (SSSR count). The van der Waals surface area contributed by atoms with E-state index >= 15 is 0 Å². The Balaban J connectivity index is 1.54. The molecule has 0 radical (unpaired) electrons. The van der Waals surface area contributed by atoms with Gasteiger partial charge in [0.25, 0.3) is 0 Å². The highest BCUT2D eigenvalue weighted by Crippen LogP contribution is 2.37. The normalized spacial score (nSPS) is 12.0. The number of aromatic nitrogens is 4. The predicted octanol–water partition coefficient (Wildman–Crippen LogP) is 5.20. The second-order valence-electron chi connectivity index (χ2n) is 7.09. The molecule has 0 spiro atoms. The third-order valence-electron chi connectivity index (χ3n) is 4.87. The number of aryl methyl sites for hydroxylation is 1. The molecule has 2 aromatic carbocycles. The van der Waals surface area contributed by atoms with E-state index in [-0.39, 0.29) is 11.0 Å². The van der Waals surface area contributed by atoms with Crippen LogP contribution in [0.4, 0.5) is 0 Å². The summed E-state index contributed by atoms with van der Waals surface area (Å²) in [7, 11) is 1.93. The number of hydrogen-bond acceptors (Lipinski definition) is 5. The highest BCUT2D eigenvalue weighted by molar-refractivity contribution is 7.99. The van der Waals surface area contributed by atoms with Gasteiger partial charge < -0.3 is 4.57 Å². The van der Waals surface area contributed by atoms with Crippen LogP contribution in [0.25, 0.3) is 10.9 Å². The van der Waals surface area contributed by atoms with Crippen molar-refractivity contribution >= 4 is 28.4 Å². The number of nitrogens with zero attached hydrogens (tertiary/aromatic N) is 4. The van der Waals surface area contributed by atoms with E-state index in [1.54, 1.807) is 24.2 Å². The van der Waals surface area contributed by atoms with E-state index in [1.165, 1.54) is 0 Å². The molecular weight excluding hydrogens is 392 g/mol. The van der Waals surface area contributed by atoms with Crippen molar-refractivity contribution in [1.29, 1.82) is 0 Å². The molecule has 0 aliphatic rings. The smallest absolute Gasteiger partial charge is 0.191 e. The van der Waals surface area contributed by atoms with Crippen LogP contribution in [0.2, 0.25) is 0 Å². The van der Waals surface area contributed by atoms with Gasteiger partial charge in [-0.05, 0) is 29.7 Å². The summed E-state index contributed by atoms with van der Waals surface area (Å²) >= 11 is 1.65. The fraction of sp³-hybridized carbons (Fsp3) is 0.167. The lowest BCUT2D eigenvalue weighted by molar-refractivity contribution is 0.0988. The third kappa shape index (κ3) is 4.49. The van der Waals surface area contributed by atoms with E-state index in [4.69, 9.17) is 0 Å². The van der Waals surface area contributed by atoms with Gasteiger partial charge in [0.1, 0.15) is 12.0 Å². The minimum Gasteiger partial charge on any atom is -0.312 e. The minimum atomic E-state index is 0.0131. The van der Waals surface area contributed by atoms with Crippen molar-refractivity contribution in [2.75, 3.05) is 0 Å². The molecule has 5 nitrogen and oxygen atoms in total. The Morgan fingerprint density at radius 1 is 1.17 bits per heavy atom. The molecule has 0 saturated carbocycles. The molecule has 1 unspecified atom stereocenters. The molecule has 0 bridgehead atoms. The number of allylic oxidation sites excluding steroid dienone is 1. The second kappa shape index (κ2) is 9.05. The number of fused-ring (bicyclic) bond motifs is 1. The first kappa shape index (κ1) is 20.0. The van der Waals surface area contributed by atoms with Gasteiger partial charge in [-0.3, -0.25) is 4.79 Å². The molecule has 1 atom stereocenters. The summed E-state index contributed by atoms with van der Waals surface area (Å²) in [5.74, 6) is 0.0131. The summed E-state index contributed by atoms with van der Waals surface area (Å²) in [5.41, 5.74) is 3.44. The van der Waals surface area contributed by atoms with Gasteiger partial charge in [-0.15, -0.1) is 16.8 Å². The van der Waals surface area contributed by atoms with Gasteiger partial charge in [-0.2, -0.15) is 0 Å². The number of Topliss-reactive ketones (excluding diaryl/α,β-unsaturated/α-hetero) is 1. The summed E-state index contributed by atoms with van der Waals surface area (Å²) in [6.07, 6.45) is 4.71. The molecule has 0 aliphatic heterocycles. The van der Waals surface area contributed by atoms with Crippen LogP contribution in [-0.2, 0) is 13.5 Å². The SMILES string of the molecule is C=CCC(Sc1nncn1C)c1cccc(CC(=O)c2ccc3ccccc3n2)c1. The molecule has 6 heteroatoms. The van der Waals surface area contributed by atoms with Crippen molar-refractivity contribution in [3.05, 3.63) is 96.5 Å². The summed E-state index contributed by atoms with van der Waals surface area (Å²) in [4.78, 5) is 17.4. The Kier molecular flexibility index (Phi) is 6.05. The average molecular weight is 415 g/mol. The zero-order chi connectivity index (χ0) is 20.9. The maximum Gasteiger partial charge on any atom is 0.191 e. The van der Waals surface area contributed by atoms with Crippen LogP contribution in [0.1, 0.15) is 33.3 Å². The van der Waals surface area contributed by atoms with Crippen LogP contribution >= 0.6 is 11.8 Å². The Labute approximate surface area is 179 Å². The first-order chi connectivity index (χ1) is 14.6. The summed E-state index contributed by atoms with van der Waals surface area (Å²) in [5, 5.41) is 10.2. The molecule has 150 valence electrons. The maximum absolute atomic E-state index is 12.9.